The molecule has 0 saturated heterocycles. The second-order valence-corrected chi connectivity index (χ2v) is 2.18. The second kappa shape index (κ2) is 3.39. The van der Waals surface area contributed by atoms with Crippen molar-refractivity contribution >= 4 is 17.4 Å². The normalized spacial score (nSPS) is 9.64. The maximum atomic E-state index is 5.57. The lowest BCUT2D eigenvalue weighted by molar-refractivity contribution is 0.325. The van der Waals surface area contributed by atoms with E-state index in [1.807, 2.05) is 6.92 Å². The number of hydrogen-bond acceptors (Lipinski definition) is 4. The maximum Gasteiger partial charge on any atom is 0.233 e. The Morgan fingerprint density at radius 2 is 2.45 bits per heavy atom. The second-order valence-electron chi connectivity index (χ2n) is 1.82. The maximum absolute atomic E-state index is 5.57. The molecule has 60 valence electrons. The van der Waals surface area contributed by atoms with Crippen molar-refractivity contribution in [1.82, 2.24) is 9.97 Å². The van der Waals surface area contributed by atoms with Crippen LogP contribution in [0.5, 0.6) is 5.88 Å². The van der Waals surface area contributed by atoms with Gasteiger partial charge in [0.15, 0.2) is 11.0 Å². The van der Waals surface area contributed by atoms with E-state index < -0.39 is 0 Å². The molecule has 0 radical (unpaired) electrons. The molecule has 1 aromatic heterocycles. The summed E-state index contributed by atoms with van der Waals surface area (Å²) in [5, 5.41) is 0.177. The van der Waals surface area contributed by atoms with E-state index in [1.54, 1.807) is 0 Å². The minimum atomic E-state index is 0.177. The molecule has 0 atom stereocenters. The first kappa shape index (κ1) is 8.07. The van der Waals surface area contributed by atoms with Crippen molar-refractivity contribution in [3.8, 4) is 5.88 Å². The number of halogens is 1. The number of rotatable bonds is 2. The molecule has 0 fully saturated rings. The average molecular weight is 174 g/mol. The van der Waals surface area contributed by atoms with Gasteiger partial charge in [-0.25, -0.2) is 4.98 Å². The monoisotopic (exact) mass is 173 g/mol. The van der Waals surface area contributed by atoms with Crippen molar-refractivity contribution in [1.29, 1.82) is 0 Å². The van der Waals surface area contributed by atoms with Crippen LogP contribution in [-0.2, 0) is 0 Å². The highest BCUT2D eigenvalue weighted by molar-refractivity contribution is 6.31. The molecule has 0 unspecified atom stereocenters. The first-order valence-electron chi connectivity index (χ1n) is 3.15. The Balaban J connectivity index is 2.86. The van der Waals surface area contributed by atoms with Crippen LogP contribution in [0.4, 0.5) is 5.82 Å². The van der Waals surface area contributed by atoms with Gasteiger partial charge in [0.2, 0.25) is 5.88 Å². The highest BCUT2D eigenvalue weighted by atomic mass is 35.5. The molecule has 0 bridgehead atoms. The molecule has 1 aromatic rings. The van der Waals surface area contributed by atoms with Crippen molar-refractivity contribution in [2.24, 2.45) is 0 Å². The summed E-state index contributed by atoms with van der Waals surface area (Å²) in [7, 11) is 0. The number of hydrogen-bond donors (Lipinski definition) is 1. The zero-order chi connectivity index (χ0) is 8.27. The fourth-order valence-electron chi connectivity index (χ4n) is 0.578. The smallest absolute Gasteiger partial charge is 0.233 e. The van der Waals surface area contributed by atoms with Crippen molar-refractivity contribution in [3.63, 3.8) is 0 Å². The summed E-state index contributed by atoms with van der Waals surface area (Å²) >= 11 is 5.57. The molecule has 1 heterocycles. The molecule has 1 rings (SSSR count). The quantitative estimate of drug-likeness (QED) is 0.728. The van der Waals surface area contributed by atoms with E-state index in [2.05, 4.69) is 9.97 Å². The third kappa shape index (κ3) is 1.94. The van der Waals surface area contributed by atoms with Crippen LogP contribution in [0.2, 0.25) is 5.15 Å². The largest absolute Gasteiger partial charge is 0.477 e. The first-order valence-corrected chi connectivity index (χ1v) is 3.52. The van der Waals surface area contributed by atoms with Crippen molar-refractivity contribution in [2.45, 2.75) is 6.92 Å². The van der Waals surface area contributed by atoms with Crippen LogP contribution in [-0.4, -0.2) is 16.6 Å². The third-order valence-corrected chi connectivity index (χ3v) is 1.30. The minimum Gasteiger partial charge on any atom is -0.477 e. The summed E-state index contributed by atoms with van der Waals surface area (Å²) in [5.41, 5.74) is 5.32. The van der Waals surface area contributed by atoms with Crippen LogP contribution in [0.25, 0.3) is 0 Å². The van der Waals surface area contributed by atoms with Gasteiger partial charge in [0, 0.05) is 0 Å². The summed E-state index contributed by atoms with van der Waals surface area (Å²) in [5.74, 6) is 0.613. The number of nitrogens with two attached hydrogens (primary N) is 1. The Labute approximate surface area is 69.4 Å². The standard InChI is InChI=1S/C6H8ClN3O/c1-2-11-4-3-9-6(8)5(7)10-4/h3H,2H2,1H3,(H2,8,9). The number of nitrogens with zero attached hydrogens (tertiary/aromatic N) is 2. The lowest BCUT2D eigenvalue weighted by Gasteiger charge is -2.01. The summed E-state index contributed by atoms with van der Waals surface area (Å²) < 4.78 is 5.03. The number of aromatic nitrogens is 2. The van der Waals surface area contributed by atoms with Crippen LogP contribution in [0, 0.1) is 0 Å². The Morgan fingerprint density at radius 3 is 3.00 bits per heavy atom. The summed E-state index contributed by atoms with van der Waals surface area (Å²) in [4.78, 5) is 7.57. The predicted molar refractivity (Wildman–Crippen MR) is 42.6 cm³/mol. The van der Waals surface area contributed by atoms with Gasteiger partial charge in [-0.3, -0.25) is 0 Å². The molecule has 11 heavy (non-hydrogen) atoms. The fourth-order valence-corrected chi connectivity index (χ4v) is 0.710. The number of anilines is 1. The van der Waals surface area contributed by atoms with Crippen molar-refractivity contribution < 1.29 is 4.74 Å². The van der Waals surface area contributed by atoms with Gasteiger partial charge in [-0.05, 0) is 6.92 Å². The summed E-state index contributed by atoms with van der Waals surface area (Å²) in [6.07, 6.45) is 1.44. The first-order chi connectivity index (χ1) is 5.24. The molecule has 2 N–H and O–H groups in total. The van der Waals surface area contributed by atoms with E-state index in [9.17, 15) is 0 Å². The summed E-state index contributed by atoms with van der Waals surface area (Å²) in [6, 6.07) is 0. The highest BCUT2D eigenvalue weighted by Gasteiger charge is 2.00. The van der Waals surface area contributed by atoms with E-state index in [0.29, 0.717) is 12.5 Å². The van der Waals surface area contributed by atoms with Gasteiger partial charge in [0.25, 0.3) is 0 Å². The Morgan fingerprint density at radius 1 is 1.73 bits per heavy atom. The SMILES string of the molecule is CCOc1cnc(N)c(Cl)n1. The van der Waals surface area contributed by atoms with E-state index in [4.69, 9.17) is 22.1 Å². The Bertz CT molecular complexity index is 254. The zero-order valence-electron chi connectivity index (χ0n) is 6.04. The van der Waals surface area contributed by atoms with Crippen molar-refractivity contribution in [3.05, 3.63) is 11.3 Å². The van der Waals surface area contributed by atoms with E-state index >= 15 is 0 Å². The van der Waals surface area contributed by atoms with Crippen LogP contribution in [0.15, 0.2) is 6.20 Å². The molecule has 0 aliphatic carbocycles. The lowest BCUT2D eigenvalue weighted by atomic mass is 10.6. The Hall–Kier alpha value is -1.03. The molecule has 0 aliphatic heterocycles. The molecular weight excluding hydrogens is 166 g/mol. The average Bonchev–Trinajstić information content (AvgIpc) is 1.98. The molecule has 0 amide bonds. The number of nitrogen functional groups attached to an aromatic ring is 1. The topological polar surface area (TPSA) is 61.0 Å². The van der Waals surface area contributed by atoms with Gasteiger partial charge in [-0.2, -0.15) is 4.98 Å². The van der Waals surface area contributed by atoms with Gasteiger partial charge >= 0.3 is 0 Å². The fraction of sp³-hybridized carbons (Fsp3) is 0.333. The molecular formula is C6H8ClN3O. The highest BCUT2D eigenvalue weighted by Crippen LogP contribution is 2.15. The van der Waals surface area contributed by atoms with E-state index in [-0.39, 0.29) is 11.0 Å². The molecule has 5 heteroatoms. The molecule has 0 aliphatic rings. The summed E-state index contributed by atoms with van der Waals surface area (Å²) in [6.45, 7) is 2.39. The van der Waals surface area contributed by atoms with Crippen molar-refractivity contribution in [2.75, 3.05) is 12.3 Å². The predicted octanol–water partition coefficient (Wildman–Crippen LogP) is 1.11. The minimum absolute atomic E-state index is 0.177. The molecule has 0 saturated carbocycles. The lowest BCUT2D eigenvalue weighted by Crippen LogP contribution is -1.98. The van der Waals surface area contributed by atoms with Crippen LogP contribution >= 0.6 is 11.6 Å². The Kier molecular flexibility index (Phi) is 2.48. The molecule has 4 nitrogen and oxygen atoms in total. The van der Waals surface area contributed by atoms with Gasteiger partial charge in [-0.15, -0.1) is 0 Å². The third-order valence-electron chi connectivity index (χ3n) is 1.03. The van der Waals surface area contributed by atoms with Gasteiger partial charge < -0.3 is 10.5 Å². The van der Waals surface area contributed by atoms with Crippen LogP contribution in [0.3, 0.4) is 0 Å². The van der Waals surface area contributed by atoms with Gasteiger partial charge in [0.05, 0.1) is 12.8 Å². The number of ether oxygens (including phenoxy) is 1. The molecule has 0 aromatic carbocycles. The van der Waals surface area contributed by atoms with Gasteiger partial charge in [0.1, 0.15) is 0 Å². The van der Waals surface area contributed by atoms with Crippen LogP contribution in [0.1, 0.15) is 6.92 Å². The zero-order valence-corrected chi connectivity index (χ0v) is 6.80. The van der Waals surface area contributed by atoms with E-state index in [0.717, 1.165) is 0 Å². The van der Waals surface area contributed by atoms with Gasteiger partial charge in [-0.1, -0.05) is 11.6 Å². The van der Waals surface area contributed by atoms with Crippen LogP contribution < -0.4 is 10.5 Å². The molecule has 0 spiro atoms. The van der Waals surface area contributed by atoms with E-state index in [1.165, 1.54) is 6.20 Å².